The van der Waals surface area contributed by atoms with Gasteiger partial charge in [-0.3, -0.25) is 9.48 Å². The zero-order valence-corrected chi connectivity index (χ0v) is 11.8. The number of hydrogen-bond donors (Lipinski definition) is 1. The van der Waals surface area contributed by atoms with Crippen LogP contribution in [0.2, 0.25) is 0 Å². The van der Waals surface area contributed by atoms with Crippen LogP contribution < -0.4 is 5.32 Å². The third-order valence-corrected chi connectivity index (χ3v) is 4.23. The van der Waals surface area contributed by atoms with Crippen LogP contribution in [-0.4, -0.2) is 36.1 Å². The Balaban J connectivity index is 1.88. The van der Waals surface area contributed by atoms with Crippen LogP contribution in [0.25, 0.3) is 0 Å². The van der Waals surface area contributed by atoms with Crippen molar-refractivity contribution in [2.24, 2.45) is 5.92 Å². The van der Waals surface area contributed by atoms with E-state index in [-0.39, 0.29) is 17.6 Å². The van der Waals surface area contributed by atoms with Gasteiger partial charge in [-0.1, -0.05) is 12.8 Å². The first-order valence-corrected chi connectivity index (χ1v) is 8.52. The molecule has 2 rings (SSSR count). The number of rotatable bonds is 5. The summed E-state index contributed by atoms with van der Waals surface area (Å²) in [4.78, 5) is 11.9. The minimum absolute atomic E-state index is 0.0193. The molecule has 0 spiro atoms. The largest absolute Gasteiger partial charge is 0.309 e. The predicted molar refractivity (Wildman–Crippen MR) is 72.5 cm³/mol. The molecule has 1 aromatic heterocycles. The molecule has 1 N–H and O–H groups in total. The van der Waals surface area contributed by atoms with E-state index in [2.05, 4.69) is 10.4 Å². The molecular formula is C12H19N3O3S. The first-order valence-electron chi connectivity index (χ1n) is 6.46. The Hall–Kier alpha value is -1.37. The zero-order valence-electron chi connectivity index (χ0n) is 11.0. The standard InChI is InChI=1S/C12H19N3O3S/c1-19(17,18)9-8-15-7-6-11(14-15)13-12(16)10-4-2-3-5-10/h6-7,10H,2-5,8-9H2,1H3,(H,13,14,16). The summed E-state index contributed by atoms with van der Waals surface area (Å²) in [6, 6.07) is 1.69. The molecule has 1 aliphatic carbocycles. The van der Waals surface area contributed by atoms with Gasteiger partial charge in [-0.15, -0.1) is 0 Å². The lowest BCUT2D eigenvalue weighted by molar-refractivity contribution is -0.119. The van der Waals surface area contributed by atoms with Crippen LogP contribution in [0.15, 0.2) is 12.3 Å². The van der Waals surface area contributed by atoms with Crippen LogP contribution in [-0.2, 0) is 21.2 Å². The van der Waals surface area contributed by atoms with E-state index >= 15 is 0 Å². The summed E-state index contributed by atoms with van der Waals surface area (Å²) < 4.78 is 23.6. The summed E-state index contributed by atoms with van der Waals surface area (Å²) in [6.45, 7) is 0.304. The molecule has 19 heavy (non-hydrogen) atoms. The fraction of sp³-hybridized carbons (Fsp3) is 0.667. The Morgan fingerprint density at radius 3 is 2.79 bits per heavy atom. The molecule has 1 saturated carbocycles. The highest BCUT2D eigenvalue weighted by atomic mass is 32.2. The van der Waals surface area contributed by atoms with Crippen LogP contribution >= 0.6 is 0 Å². The quantitative estimate of drug-likeness (QED) is 0.877. The molecule has 6 nitrogen and oxygen atoms in total. The number of carbonyl (C=O) groups is 1. The van der Waals surface area contributed by atoms with Gasteiger partial charge in [0.2, 0.25) is 5.91 Å². The molecule has 0 aliphatic heterocycles. The number of sulfone groups is 1. The maximum absolute atomic E-state index is 11.9. The van der Waals surface area contributed by atoms with Crippen molar-refractivity contribution in [3.63, 3.8) is 0 Å². The summed E-state index contributed by atoms with van der Waals surface area (Å²) in [5.41, 5.74) is 0. The number of carbonyl (C=O) groups excluding carboxylic acids is 1. The number of aryl methyl sites for hydroxylation is 1. The molecule has 7 heteroatoms. The Morgan fingerprint density at radius 1 is 1.47 bits per heavy atom. The number of aromatic nitrogens is 2. The molecular weight excluding hydrogens is 266 g/mol. The Labute approximate surface area is 113 Å². The zero-order chi connectivity index (χ0) is 13.9. The van der Waals surface area contributed by atoms with Crippen LogP contribution in [0.5, 0.6) is 0 Å². The van der Waals surface area contributed by atoms with Crippen molar-refractivity contribution >= 4 is 21.6 Å². The van der Waals surface area contributed by atoms with Crippen LogP contribution in [0.4, 0.5) is 5.82 Å². The van der Waals surface area contributed by atoms with Gasteiger partial charge in [-0.2, -0.15) is 5.10 Å². The second-order valence-corrected chi connectivity index (χ2v) is 7.32. The van der Waals surface area contributed by atoms with E-state index in [1.807, 2.05) is 0 Å². The van der Waals surface area contributed by atoms with E-state index in [0.717, 1.165) is 25.7 Å². The minimum Gasteiger partial charge on any atom is -0.309 e. The third kappa shape index (κ3) is 4.34. The maximum Gasteiger partial charge on any atom is 0.228 e. The number of nitrogens with one attached hydrogen (secondary N) is 1. The van der Waals surface area contributed by atoms with Crippen molar-refractivity contribution in [1.29, 1.82) is 0 Å². The normalized spacial score (nSPS) is 16.7. The molecule has 0 radical (unpaired) electrons. The van der Waals surface area contributed by atoms with Crippen LogP contribution in [0, 0.1) is 5.92 Å². The van der Waals surface area contributed by atoms with E-state index in [9.17, 15) is 13.2 Å². The smallest absolute Gasteiger partial charge is 0.228 e. The van der Waals surface area contributed by atoms with Gasteiger partial charge in [0.05, 0.1) is 12.3 Å². The van der Waals surface area contributed by atoms with Crippen molar-refractivity contribution in [2.75, 3.05) is 17.3 Å². The predicted octanol–water partition coefficient (Wildman–Crippen LogP) is 1.06. The van der Waals surface area contributed by atoms with Gasteiger partial charge < -0.3 is 5.32 Å². The molecule has 1 amide bonds. The van der Waals surface area contributed by atoms with Gasteiger partial charge in [0, 0.05) is 24.4 Å². The van der Waals surface area contributed by atoms with E-state index in [4.69, 9.17) is 0 Å². The second kappa shape index (κ2) is 5.73. The number of hydrogen-bond acceptors (Lipinski definition) is 4. The number of amides is 1. The molecule has 1 aliphatic rings. The molecule has 1 heterocycles. The lowest BCUT2D eigenvalue weighted by Crippen LogP contribution is -2.20. The molecule has 1 aromatic rings. The molecule has 0 saturated heterocycles. The molecule has 106 valence electrons. The molecule has 0 atom stereocenters. The van der Waals surface area contributed by atoms with E-state index in [1.165, 1.54) is 10.9 Å². The summed E-state index contributed by atoms with van der Waals surface area (Å²) in [5, 5.41) is 6.93. The Bertz CT molecular complexity index is 544. The first kappa shape index (κ1) is 14.0. The summed E-state index contributed by atoms with van der Waals surface area (Å²) in [7, 11) is -3.00. The monoisotopic (exact) mass is 285 g/mol. The van der Waals surface area contributed by atoms with Gasteiger partial charge in [0.15, 0.2) is 5.82 Å². The maximum atomic E-state index is 11.9. The van der Waals surface area contributed by atoms with Gasteiger partial charge in [-0.25, -0.2) is 8.42 Å². The van der Waals surface area contributed by atoms with Gasteiger partial charge >= 0.3 is 0 Å². The van der Waals surface area contributed by atoms with E-state index in [0.29, 0.717) is 12.4 Å². The SMILES string of the molecule is CS(=O)(=O)CCn1ccc(NC(=O)C2CCCC2)n1. The highest BCUT2D eigenvalue weighted by Crippen LogP contribution is 2.25. The fourth-order valence-corrected chi connectivity index (χ4v) is 2.75. The third-order valence-electron chi connectivity index (χ3n) is 3.31. The molecule has 1 fully saturated rings. The number of anilines is 1. The van der Waals surface area contributed by atoms with Crippen molar-refractivity contribution < 1.29 is 13.2 Å². The summed E-state index contributed by atoms with van der Waals surface area (Å²) in [5.74, 6) is 0.655. The first-order chi connectivity index (χ1) is 8.94. The Kier molecular flexibility index (Phi) is 4.24. The van der Waals surface area contributed by atoms with Crippen molar-refractivity contribution in [3.8, 4) is 0 Å². The summed E-state index contributed by atoms with van der Waals surface area (Å²) in [6.07, 6.45) is 6.98. The second-order valence-electron chi connectivity index (χ2n) is 5.06. The fourth-order valence-electron chi connectivity index (χ4n) is 2.23. The lowest BCUT2D eigenvalue weighted by Gasteiger charge is -2.07. The number of nitrogens with zero attached hydrogens (tertiary/aromatic N) is 2. The highest BCUT2D eigenvalue weighted by molar-refractivity contribution is 7.90. The van der Waals surface area contributed by atoms with E-state index in [1.54, 1.807) is 12.3 Å². The average molecular weight is 285 g/mol. The Morgan fingerprint density at radius 2 is 2.16 bits per heavy atom. The average Bonchev–Trinajstić information content (AvgIpc) is 2.96. The summed E-state index contributed by atoms with van der Waals surface area (Å²) >= 11 is 0. The van der Waals surface area contributed by atoms with Crippen LogP contribution in [0.1, 0.15) is 25.7 Å². The van der Waals surface area contributed by atoms with Crippen molar-refractivity contribution in [3.05, 3.63) is 12.3 Å². The molecule has 0 bridgehead atoms. The van der Waals surface area contributed by atoms with Crippen LogP contribution in [0.3, 0.4) is 0 Å². The molecule has 0 aromatic carbocycles. The van der Waals surface area contributed by atoms with Gasteiger partial charge in [0.25, 0.3) is 0 Å². The van der Waals surface area contributed by atoms with Gasteiger partial charge in [-0.05, 0) is 12.8 Å². The minimum atomic E-state index is -3.00. The molecule has 0 unspecified atom stereocenters. The van der Waals surface area contributed by atoms with Crippen molar-refractivity contribution in [1.82, 2.24) is 9.78 Å². The van der Waals surface area contributed by atoms with Gasteiger partial charge in [0.1, 0.15) is 9.84 Å². The highest BCUT2D eigenvalue weighted by Gasteiger charge is 2.23. The van der Waals surface area contributed by atoms with E-state index < -0.39 is 9.84 Å². The lowest BCUT2D eigenvalue weighted by atomic mass is 10.1. The topological polar surface area (TPSA) is 81.1 Å². The van der Waals surface area contributed by atoms with Crippen molar-refractivity contribution in [2.45, 2.75) is 32.2 Å².